The number of nitrogens with two attached hydrogens (primary N) is 1. The van der Waals surface area contributed by atoms with Gasteiger partial charge in [0.05, 0.1) is 12.7 Å². The molecule has 1 aliphatic rings. The Kier molecular flexibility index (Phi) is 4.12. The van der Waals surface area contributed by atoms with Crippen LogP contribution in [0.4, 0.5) is 0 Å². The van der Waals surface area contributed by atoms with Gasteiger partial charge in [0, 0.05) is 12.6 Å². The third-order valence-electron chi connectivity index (χ3n) is 3.53. The molecule has 0 spiro atoms. The molecular weight excluding hydrogens is 260 g/mol. The number of nitrogens with zero attached hydrogens (tertiary/aromatic N) is 1. The minimum atomic E-state index is -0.599. The number of methoxy groups -OCH3 is 1. The number of carbonyl (C=O) groups excluding carboxylic acids is 2. The Morgan fingerprint density at radius 3 is 2.75 bits per heavy atom. The molecule has 6 heteroatoms. The summed E-state index contributed by atoms with van der Waals surface area (Å²) in [6.07, 6.45) is 2.26. The van der Waals surface area contributed by atoms with Gasteiger partial charge in [-0.2, -0.15) is 0 Å². The van der Waals surface area contributed by atoms with Crippen molar-refractivity contribution in [1.82, 2.24) is 4.90 Å². The lowest BCUT2D eigenvalue weighted by atomic mass is 10.00. The lowest BCUT2D eigenvalue weighted by molar-refractivity contribution is -0.123. The molecule has 3 N–H and O–H groups in total. The molecule has 108 valence electrons. The van der Waals surface area contributed by atoms with Crippen LogP contribution in [0.5, 0.6) is 11.5 Å². The fourth-order valence-electron chi connectivity index (χ4n) is 2.44. The lowest BCUT2D eigenvalue weighted by Crippen LogP contribution is -2.50. The summed E-state index contributed by atoms with van der Waals surface area (Å²) >= 11 is 0. The molecule has 1 atom stereocenters. The molecule has 1 aromatic rings. The average Bonchev–Trinajstić information content (AvgIpc) is 2.46. The van der Waals surface area contributed by atoms with E-state index < -0.39 is 11.9 Å². The van der Waals surface area contributed by atoms with Crippen molar-refractivity contribution in [2.75, 3.05) is 13.7 Å². The minimum Gasteiger partial charge on any atom is -0.507 e. The molecule has 1 aliphatic heterocycles. The van der Waals surface area contributed by atoms with E-state index in [1.165, 1.54) is 24.1 Å². The van der Waals surface area contributed by atoms with Gasteiger partial charge in [0.15, 0.2) is 0 Å². The van der Waals surface area contributed by atoms with E-state index in [2.05, 4.69) is 0 Å². The van der Waals surface area contributed by atoms with E-state index in [0.29, 0.717) is 18.7 Å². The second-order valence-corrected chi connectivity index (χ2v) is 4.80. The number of benzene rings is 1. The number of rotatable bonds is 3. The lowest BCUT2D eigenvalue weighted by Gasteiger charge is -2.33. The number of hydrogen-bond acceptors (Lipinski definition) is 4. The van der Waals surface area contributed by atoms with Crippen LogP contribution in [0.2, 0.25) is 0 Å². The molecule has 0 aromatic heterocycles. The molecule has 1 fully saturated rings. The van der Waals surface area contributed by atoms with Gasteiger partial charge < -0.3 is 20.5 Å². The van der Waals surface area contributed by atoms with Crippen LogP contribution in [0.1, 0.15) is 29.6 Å². The predicted octanol–water partition coefficient (Wildman–Crippen LogP) is 0.881. The van der Waals surface area contributed by atoms with Crippen molar-refractivity contribution >= 4 is 11.8 Å². The molecule has 0 radical (unpaired) electrons. The van der Waals surface area contributed by atoms with Gasteiger partial charge in [-0.15, -0.1) is 0 Å². The van der Waals surface area contributed by atoms with E-state index in [-0.39, 0.29) is 17.2 Å². The summed E-state index contributed by atoms with van der Waals surface area (Å²) in [7, 11) is 1.48. The molecule has 2 amide bonds. The molecule has 0 bridgehead atoms. The van der Waals surface area contributed by atoms with Gasteiger partial charge in [-0.3, -0.25) is 9.59 Å². The van der Waals surface area contributed by atoms with Crippen LogP contribution in [0.25, 0.3) is 0 Å². The number of amides is 2. The Morgan fingerprint density at radius 1 is 1.40 bits per heavy atom. The van der Waals surface area contributed by atoms with Gasteiger partial charge in [-0.05, 0) is 31.4 Å². The maximum atomic E-state index is 12.5. The highest BCUT2D eigenvalue weighted by molar-refractivity contribution is 5.99. The molecule has 2 rings (SSSR count). The number of aromatic hydroxyl groups is 1. The van der Waals surface area contributed by atoms with Crippen molar-refractivity contribution in [2.24, 2.45) is 5.73 Å². The molecule has 6 nitrogen and oxygen atoms in total. The van der Waals surface area contributed by atoms with E-state index in [1.807, 2.05) is 0 Å². The SMILES string of the molecule is COc1ccc(C(=O)N2CCCCC2C(N)=O)c(O)c1. The number of phenols is 1. The summed E-state index contributed by atoms with van der Waals surface area (Å²) in [4.78, 5) is 25.3. The fraction of sp³-hybridized carbons (Fsp3) is 0.429. The molecule has 1 unspecified atom stereocenters. The Morgan fingerprint density at radius 2 is 2.15 bits per heavy atom. The van der Waals surface area contributed by atoms with Crippen LogP contribution in [0.15, 0.2) is 18.2 Å². The summed E-state index contributed by atoms with van der Waals surface area (Å²) in [6, 6.07) is 3.85. The van der Waals surface area contributed by atoms with Gasteiger partial charge in [-0.1, -0.05) is 0 Å². The second-order valence-electron chi connectivity index (χ2n) is 4.80. The third kappa shape index (κ3) is 2.68. The highest BCUT2D eigenvalue weighted by Gasteiger charge is 2.32. The Balaban J connectivity index is 2.27. The summed E-state index contributed by atoms with van der Waals surface area (Å²) < 4.78 is 4.98. The van der Waals surface area contributed by atoms with Crippen molar-refractivity contribution in [2.45, 2.75) is 25.3 Å². The van der Waals surface area contributed by atoms with Crippen molar-refractivity contribution in [3.63, 3.8) is 0 Å². The summed E-state index contributed by atoms with van der Waals surface area (Å²) in [5.74, 6) is -0.591. The number of carbonyl (C=O) groups is 2. The zero-order chi connectivity index (χ0) is 14.7. The Hall–Kier alpha value is -2.24. The van der Waals surface area contributed by atoms with Crippen molar-refractivity contribution in [1.29, 1.82) is 0 Å². The first-order valence-corrected chi connectivity index (χ1v) is 6.52. The topological polar surface area (TPSA) is 92.9 Å². The van der Waals surface area contributed by atoms with E-state index in [1.54, 1.807) is 6.07 Å². The van der Waals surface area contributed by atoms with E-state index in [9.17, 15) is 14.7 Å². The predicted molar refractivity (Wildman–Crippen MR) is 72.5 cm³/mol. The smallest absolute Gasteiger partial charge is 0.258 e. The zero-order valence-corrected chi connectivity index (χ0v) is 11.3. The van der Waals surface area contributed by atoms with Crippen LogP contribution < -0.4 is 10.5 Å². The largest absolute Gasteiger partial charge is 0.507 e. The average molecular weight is 278 g/mol. The minimum absolute atomic E-state index is 0.152. The maximum absolute atomic E-state index is 12.5. The van der Waals surface area contributed by atoms with Crippen LogP contribution in [-0.4, -0.2) is 41.5 Å². The second kappa shape index (κ2) is 5.81. The highest BCUT2D eigenvalue weighted by atomic mass is 16.5. The first kappa shape index (κ1) is 14.2. The van der Waals surface area contributed by atoms with Crippen LogP contribution in [0, 0.1) is 0 Å². The van der Waals surface area contributed by atoms with Crippen LogP contribution in [-0.2, 0) is 4.79 Å². The number of primary amides is 1. The zero-order valence-electron chi connectivity index (χ0n) is 11.3. The number of hydrogen-bond donors (Lipinski definition) is 2. The number of likely N-dealkylation sites (tertiary alicyclic amines) is 1. The molecule has 1 aromatic carbocycles. The molecular formula is C14H18N2O4. The quantitative estimate of drug-likeness (QED) is 0.858. The van der Waals surface area contributed by atoms with Gasteiger partial charge >= 0.3 is 0 Å². The van der Waals surface area contributed by atoms with Crippen LogP contribution >= 0.6 is 0 Å². The number of piperidine rings is 1. The molecule has 0 saturated carbocycles. The summed E-state index contributed by atoms with van der Waals surface area (Å²) in [5.41, 5.74) is 5.49. The molecule has 1 heterocycles. The summed E-state index contributed by atoms with van der Waals surface area (Å²) in [5, 5.41) is 9.90. The highest BCUT2D eigenvalue weighted by Crippen LogP contribution is 2.27. The Bertz CT molecular complexity index is 530. The summed E-state index contributed by atoms with van der Waals surface area (Å²) in [6.45, 7) is 0.470. The van der Waals surface area contributed by atoms with E-state index in [0.717, 1.165) is 12.8 Å². The standard InChI is InChI=1S/C14H18N2O4/c1-20-9-5-6-10(12(17)8-9)14(19)16-7-3-2-4-11(16)13(15)18/h5-6,8,11,17H,2-4,7H2,1H3,(H2,15,18). The molecule has 1 saturated heterocycles. The monoisotopic (exact) mass is 278 g/mol. The first-order valence-electron chi connectivity index (χ1n) is 6.52. The third-order valence-corrected chi connectivity index (χ3v) is 3.53. The fourth-order valence-corrected chi connectivity index (χ4v) is 2.44. The number of phenolic OH excluding ortho intramolecular Hbond substituents is 1. The molecule has 20 heavy (non-hydrogen) atoms. The van der Waals surface area contributed by atoms with E-state index >= 15 is 0 Å². The first-order chi connectivity index (χ1) is 9.54. The van der Waals surface area contributed by atoms with Gasteiger partial charge in [0.2, 0.25) is 5.91 Å². The van der Waals surface area contributed by atoms with Crippen LogP contribution in [0.3, 0.4) is 0 Å². The van der Waals surface area contributed by atoms with Crippen molar-refractivity contribution in [3.05, 3.63) is 23.8 Å². The van der Waals surface area contributed by atoms with Gasteiger partial charge in [0.25, 0.3) is 5.91 Å². The molecule has 0 aliphatic carbocycles. The maximum Gasteiger partial charge on any atom is 0.258 e. The van der Waals surface area contributed by atoms with Gasteiger partial charge in [0.1, 0.15) is 17.5 Å². The van der Waals surface area contributed by atoms with Crippen molar-refractivity contribution < 1.29 is 19.4 Å². The normalized spacial score (nSPS) is 18.6. The Labute approximate surface area is 117 Å². The van der Waals surface area contributed by atoms with E-state index in [4.69, 9.17) is 10.5 Å². The van der Waals surface area contributed by atoms with Crippen molar-refractivity contribution in [3.8, 4) is 11.5 Å². The number of ether oxygens (including phenoxy) is 1. The van der Waals surface area contributed by atoms with Gasteiger partial charge in [-0.25, -0.2) is 0 Å².